The monoisotopic (exact) mass is 252 g/mol. The van der Waals surface area contributed by atoms with Gasteiger partial charge in [-0.3, -0.25) is 4.79 Å². The quantitative estimate of drug-likeness (QED) is 0.808. The zero-order chi connectivity index (χ0) is 13.2. The second-order valence-electron chi connectivity index (χ2n) is 6.45. The minimum absolute atomic E-state index is 0.125. The summed E-state index contributed by atoms with van der Waals surface area (Å²) < 4.78 is 0. The summed E-state index contributed by atoms with van der Waals surface area (Å²) in [5.74, 6) is 0.874. The van der Waals surface area contributed by atoms with Crippen LogP contribution in [0.1, 0.15) is 65.2 Å². The molecule has 0 radical (unpaired) electrons. The van der Waals surface area contributed by atoms with Crippen LogP contribution < -0.4 is 11.1 Å². The number of hydrogen-bond acceptors (Lipinski definition) is 2. The normalized spacial score (nSPS) is 32.4. The predicted octanol–water partition coefficient (Wildman–Crippen LogP) is 2.59. The Balaban J connectivity index is 1.87. The van der Waals surface area contributed by atoms with Crippen molar-refractivity contribution in [2.75, 3.05) is 0 Å². The Hall–Kier alpha value is -0.570. The minimum Gasteiger partial charge on any atom is -0.350 e. The van der Waals surface area contributed by atoms with Crippen LogP contribution in [0.3, 0.4) is 0 Å². The van der Waals surface area contributed by atoms with Crippen molar-refractivity contribution in [1.29, 1.82) is 0 Å². The van der Waals surface area contributed by atoms with Crippen molar-refractivity contribution in [2.45, 2.75) is 76.8 Å². The molecule has 3 unspecified atom stereocenters. The van der Waals surface area contributed by atoms with Crippen LogP contribution in [-0.2, 0) is 4.79 Å². The third-order valence-corrected chi connectivity index (χ3v) is 5.25. The summed E-state index contributed by atoms with van der Waals surface area (Å²) in [5, 5.41) is 3.31. The topological polar surface area (TPSA) is 55.1 Å². The maximum Gasteiger partial charge on any atom is 0.223 e. The fraction of sp³-hybridized carbons (Fsp3) is 0.933. The van der Waals surface area contributed by atoms with Gasteiger partial charge in [-0.05, 0) is 50.9 Å². The highest BCUT2D eigenvalue weighted by Gasteiger charge is 2.38. The van der Waals surface area contributed by atoms with Gasteiger partial charge in [-0.2, -0.15) is 0 Å². The molecule has 0 saturated heterocycles. The SMILES string of the molecule is CCC1(NC(=O)C(C)C2CCCC(N)C2)CCC1. The standard InChI is InChI=1S/C15H28N2O/c1-3-15(8-5-9-15)17-14(18)11(2)12-6-4-7-13(16)10-12/h11-13H,3-10,16H2,1-2H3,(H,17,18). The molecule has 2 rings (SSSR count). The van der Waals surface area contributed by atoms with Crippen molar-refractivity contribution in [3.8, 4) is 0 Å². The second kappa shape index (κ2) is 5.60. The first-order chi connectivity index (χ1) is 8.56. The van der Waals surface area contributed by atoms with Crippen LogP contribution in [0.25, 0.3) is 0 Å². The van der Waals surface area contributed by atoms with Crippen LogP contribution in [0.4, 0.5) is 0 Å². The first kappa shape index (κ1) is 13.9. The summed E-state index contributed by atoms with van der Waals surface area (Å²) >= 11 is 0. The lowest BCUT2D eigenvalue weighted by molar-refractivity contribution is -0.129. The minimum atomic E-state index is 0.125. The van der Waals surface area contributed by atoms with Crippen LogP contribution in [0.15, 0.2) is 0 Å². The second-order valence-corrected chi connectivity index (χ2v) is 6.45. The zero-order valence-corrected chi connectivity index (χ0v) is 11.9. The van der Waals surface area contributed by atoms with Gasteiger partial charge in [-0.15, -0.1) is 0 Å². The van der Waals surface area contributed by atoms with Crippen molar-refractivity contribution >= 4 is 5.91 Å². The first-order valence-corrected chi connectivity index (χ1v) is 7.64. The van der Waals surface area contributed by atoms with Gasteiger partial charge in [0.15, 0.2) is 0 Å². The number of nitrogens with one attached hydrogen (secondary N) is 1. The van der Waals surface area contributed by atoms with Gasteiger partial charge in [0.2, 0.25) is 5.91 Å². The summed E-state index contributed by atoms with van der Waals surface area (Å²) in [6, 6.07) is 0.308. The Bertz CT molecular complexity index is 293. The third-order valence-electron chi connectivity index (χ3n) is 5.25. The molecule has 2 saturated carbocycles. The molecule has 3 nitrogen and oxygen atoms in total. The van der Waals surface area contributed by atoms with Crippen LogP contribution in [-0.4, -0.2) is 17.5 Å². The Morgan fingerprint density at radius 1 is 1.39 bits per heavy atom. The number of carbonyl (C=O) groups excluding carboxylic acids is 1. The van der Waals surface area contributed by atoms with E-state index in [9.17, 15) is 4.79 Å². The predicted molar refractivity (Wildman–Crippen MR) is 74.1 cm³/mol. The molecule has 0 heterocycles. The van der Waals surface area contributed by atoms with Crippen molar-refractivity contribution in [3.63, 3.8) is 0 Å². The first-order valence-electron chi connectivity index (χ1n) is 7.64. The molecule has 2 fully saturated rings. The van der Waals surface area contributed by atoms with E-state index in [4.69, 9.17) is 5.73 Å². The average molecular weight is 252 g/mol. The molecule has 0 spiro atoms. The molecule has 3 heteroatoms. The van der Waals surface area contributed by atoms with E-state index in [0.29, 0.717) is 12.0 Å². The highest BCUT2D eigenvalue weighted by Crippen LogP contribution is 2.36. The van der Waals surface area contributed by atoms with Crippen molar-refractivity contribution in [3.05, 3.63) is 0 Å². The lowest BCUT2D eigenvalue weighted by atomic mass is 9.73. The van der Waals surface area contributed by atoms with Gasteiger partial charge >= 0.3 is 0 Å². The Morgan fingerprint density at radius 2 is 2.11 bits per heavy atom. The summed E-state index contributed by atoms with van der Waals surface area (Å²) in [5.41, 5.74) is 6.15. The van der Waals surface area contributed by atoms with Crippen LogP contribution >= 0.6 is 0 Å². The summed E-state index contributed by atoms with van der Waals surface area (Å²) in [6.07, 6.45) is 9.14. The number of amides is 1. The number of nitrogens with two attached hydrogens (primary N) is 1. The van der Waals surface area contributed by atoms with E-state index >= 15 is 0 Å². The van der Waals surface area contributed by atoms with Gasteiger partial charge in [-0.25, -0.2) is 0 Å². The summed E-state index contributed by atoms with van der Waals surface area (Å²) in [6.45, 7) is 4.26. The van der Waals surface area contributed by atoms with Gasteiger partial charge in [0.1, 0.15) is 0 Å². The molecular formula is C15H28N2O. The summed E-state index contributed by atoms with van der Waals surface area (Å²) in [7, 11) is 0. The highest BCUT2D eigenvalue weighted by molar-refractivity contribution is 5.79. The van der Waals surface area contributed by atoms with Crippen molar-refractivity contribution in [2.24, 2.45) is 17.6 Å². The number of hydrogen-bond donors (Lipinski definition) is 2. The molecule has 2 aliphatic carbocycles. The van der Waals surface area contributed by atoms with E-state index in [1.54, 1.807) is 0 Å². The molecule has 18 heavy (non-hydrogen) atoms. The van der Waals surface area contributed by atoms with Gasteiger partial charge in [0.05, 0.1) is 0 Å². The van der Waals surface area contributed by atoms with Crippen LogP contribution in [0, 0.1) is 11.8 Å². The molecule has 0 aromatic carbocycles. The van der Waals surface area contributed by atoms with Crippen LogP contribution in [0.5, 0.6) is 0 Å². The number of rotatable bonds is 4. The van der Waals surface area contributed by atoms with Crippen molar-refractivity contribution < 1.29 is 4.79 Å². The average Bonchev–Trinajstić information content (AvgIpc) is 2.32. The van der Waals surface area contributed by atoms with E-state index in [0.717, 1.165) is 32.1 Å². The van der Waals surface area contributed by atoms with Gasteiger partial charge in [-0.1, -0.05) is 20.3 Å². The van der Waals surface area contributed by atoms with E-state index in [1.807, 2.05) is 0 Å². The molecule has 0 aliphatic heterocycles. The Labute approximate surface area is 111 Å². The molecule has 2 aliphatic rings. The van der Waals surface area contributed by atoms with E-state index < -0.39 is 0 Å². The van der Waals surface area contributed by atoms with E-state index in [-0.39, 0.29) is 17.4 Å². The fourth-order valence-corrected chi connectivity index (χ4v) is 3.48. The molecule has 3 atom stereocenters. The molecule has 1 amide bonds. The Morgan fingerprint density at radius 3 is 2.61 bits per heavy atom. The third kappa shape index (κ3) is 2.87. The highest BCUT2D eigenvalue weighted by atomic mass is 16.2. The number of carbonyl (C=O) groups is 1. The molecule has 0 aromatic heterocycles. The maximum absolute atomic E-state index is 12.4. The smallest absolute Gasteiger partial charge is 0.223 e. The lowest BCUT2D eigenvalue weighted by Gasteiger charge is -2.43. The van der Waals surface area contributed by atoms with Crippen LogP contribution in [0.2, 0.25) is 0 Å². The molecular weight excluding hydrogens is 224 g/mol. The fourth-order valence-electron chi connectivity index (χ4n) is 3.48. The van der Waals surface area contributed by atoms with E-state index in [2.05, 4.69) is 19.2 Å². The summed E-state index contributed by atoms with van der Waals surface area (Å²) in [4.78, 5) is 12.4. The van der Waals surface area contributed by atoms with Gasteiger partial charge < -0.3 is 11.1 Å². The molecule has 0 bridgehead atoms. The molecule has 3 N–H and O–H groups in total. The van der Waals surface area contributed by atoms with Gasteiger partial charge in [0, 0.05) is 17.5 Å². The maximum atomic E-state index is 12.4. The zero-order valence-electron chi connectivity index (χ0n) is 11.9. The lowest BCUT2D eigenvalue weighted by Crippen LogP contribution is -2.55. The molecule has 104 valence electrons. The van der Waals surface area contributed by atoms with E-state index in [1.165, 1.54) is 19.3 Å². The van der Waals surface area contributed by atoms with Crippen molar-refractivity contribution in [1.82, 2.24) is 5.32 Å². The van der Waals surface area contributed by atoms with Gasteiger partial charge in [0.25, 0.3) is 0 Å². The molecule has 0 aromatic rings. The largest absolute Gasteiger partial charge is 0.350 e. The Kier molecular flexibility index (Phi) is 4.31.